The van der Waals surface area contributed by atoms with Crippen LogP contribution in [0, 0.1) is 0 Å². The number of carbonyl (C=O) groups excluding carboxylic acids is 2. The van der Waals surface area contributed by atoms with Crippen molar-refractivity contribution in [1.82, 2.24) is 0 Å². The Kier molecular flexibility index (Phi) is 7.91. The van der Waals surface area contributed by atoms with Gasteiger partial charge in [0.1, 0.15) is 12.2 Å². The van der Waals surface area contributed by atoms with Crippen molar-refractivity contribution in [2.24, 2.45) is 0 Å². The van der Waals surface area contributed by atoms with Crippen molar-refractivity contribution >= 4 is 11.9 Å². The third-order valence-electron chi connectivity index (χ3n) is 9.81. The van der Waals surface area contributed by atoms with E-state index in [9.17, 15) is 9.59 Å². The van der Waals surface area contributed by atoms with Crippen molar-refractivity contribution in [1.29, 1.82) is 0 Å². The maximum absolute atomic E-state index is 13.8. The fraction of sp³-hybridized carbons (Fsp3) is 0.136. The van der Waals surface area contributed by atoms with Crippen LogP contribution in [0.4, 0.5) is 0 Å². The quantitative estimate of drug-likeness (QED) is 0.173. The molecular formula is C44H34O4. The van der Waals surface area contributed by atoms with Crippen molar-refractivity contribution in [3.63, 3.8) is 0 Å². The lowest BCUT2D eigenvalue weighted by atomic mass is 9.78. The van der Waals surface area contributed by atoms with E-state index in [1.807, 2.05) is 60.7 Å². The van der Waals surface area contributed by atoms with Crippen LogP contribution >= 0.6 is 0 Å². The fourth-order valence-electron chi connectivity index (χ4n) is 7.63. The van der Waals surface area contributed by atoms with E-state index in [4.69, 9.17) is 9.47 Å². The van der Waals surface area contributed by atoms with Crippen molar-refractivity contribution < 1.29 is 19.1 Å². The maximum Gasteiger partial charge on any atom is 0.338 e. The van der Waals surface area contributed by atoms with Crippen molar-refractivity contribution in [2.45, 2.75) is 36.9 Å². The molecule has 2 aliphatic carbocycles. The zero-order chi connectivity index (χ0) is 32.5. The molecule has 1 fully saturated rings. The van der Waals surface area contributed by atoms with E-state index in [1.165, 1.54) is 11.1 Å². The first kappa shape index (κ1) is 29.6. The van der Waals surface area contributed by atoms with E-state index >= 15 is 0 Å². The molecule has 2 bridgehead atoms. The normalized spacial score (nSPS) is 19.2. The molecule has 4 nitrogen and oxygen atoms in total. The predicted octanol–water partition coefficient (Wildman–Crippen LogP) is 9.65. The van der Waals surface area contributed by atoms with E-state index in [0.717, 1.165) is 33.4 Å². The lowest BCUT2D eigenvalue weighted by molar-refractivity contribution is -0.0317. The molecule has 0 saturated heterocycles. The van der Waals surface area contributed by atoms with Crippen LogP contribution < -0.4 is 0 Å². The van der Waals surface area contributed by atoms with Gasteiger partial charge in [-0.05, 0) is 81.6 Å². The smallest absolute Gasteiger partial charge is 0.338 e. The van der Waals surface area contributed by atoms with Gasteiger partial charge in [0.2, 0.25) is 0 Å². The van der Waals surface area contributed by atoms with Crippen molar-refractivity contribution in [3.05, 3.63) is 191 Å². The first-order chi connectivity index (χ1) is 23.6. The summed E-state index contributed by atoms with van der Waals surface area (Å²) in [6, 6.07) is 52.0. The van der Waals surface area contributed by atoms with Gasteiger partial charge >= 0.3 is 11.9 Å². The molecule has 4 unspecified atom stereocenters. The SMILES string of the molecule is O=C(OC1C2CC(c3c(cccc3-c3ccccc3)Cc3cc(-c4ccccc4)ccc32)C1OC(=O)c1ccccc1)c1ccccc1. The first-order valence-electron chi connectivity index (χ1n) is 16.5. The van der Waals surface area contributed by atoms with Crippen LogP contribution in [0.5, 0.6) is 0 Å². The largest absolute Gasteiger partial charge is 0.454 e. The second kappa shape index (κ2) is 12.8. The van der Waals surface area contributed by atoms with Crippen LogP contribution in [-0.2, 0) is 15.9 Å². The van der Waals surface area contributed by atoms with Crippen LogP contribution in [0.25, 0.3) is 22.3 Å². The zero-order valence-electron chi connectivity index (χ0n) is 26.4. The number of carbonyl (C=O) groups is 2. The van der Waals surface area contributed by atoms with Gasteiger partial charge in [-0.3, -0.25) is 0 Å². The van der Waals surface area contributed by atoms with Gasteiger partial charge in [-0.2, -0.15) is 0 Å². The minimum atomic E-state index is -0.710. The molecule has 0 heterocycles. The van der Waals surface area contributed by atoms with E-state index in [1.54, 1.807) is 24.3 Å². The number of hydrogen-bond donors (Lipinski definition) is 0. The Morgan fingerprint density at radius 1 is 0.479 bits per heavy atom. The molecule has 6 aromatic carbocycles. The van der Waals surface area contributed by atoms with E-state index in [0.29, 0.717) is 24.0 Å². The standard InChI is InChI=1S/C44H34O4/c45-43(31-18-9-3-10-19-31)47-41-38-28-39(42(41)48-44(46)32-20-11-4-12-21-32)40-34(22-13-23-37(40)30-16-7-2-8-17-30)27-35-26-33(24-25-36(35)38)29-14-5-1-6-15-29/h1-26,38-39,41-42H,27-28H2. The third kappa shape index (κ3) is 5.60. The summed E-state index contributed by atoms with van der Waals surface area (Å²) >= 11 is 0. The number of rotatable bonds is 6. The van der Waals surface area contributed by atoms with E-state index in [-0.39, 0.29) is 11.8 Å². The molecule has 0 amide bonds. The molecule has 234 valence electrons. The summed E-state index contributed by atoms with van der Waals surface area (Å²) in [6.45, 7) is 0. The average molecular weight is 627 g/mol. The molecule has 0 spiro atoms. The van der Waals surface area contributed by atoms with Gasteiger partial charge in [0, 0.05) is 11.8 Å². The summed E-state index contributed by atoms with van der Waals surface area (Å²) in [7, 11) is 0. The van der Waals surface area contributed by atoms with Crippen LogP contribution in [0.15, 0.2) is 158 Å². The number of benzene rings is 6. The second-order valence-corrected chi connectivity index (χ2v) is 12.6. The molecule has 0 aliphatic heterocycles. The highest BCUT2D eigenvalue weighted by Gasteiger charge is 2.52. The number of fused-ring (bicyclic) bond motifs is 6. The fourth-order valence-corrected chi connectivity index (χ4v) is 7.63. The third-order valence-corrected chi connectivity index (χ3v) is 9.81. The molecule has 4 atom stereocenters. The number of hydrogen-bond acceptors (Lipinski definition) is 4. The predicted molar refractivity (Wildman–Crippen MR) is 188 cm³/mol. The summed E-state index contributed by atoms with van der Waals surface area (Å²) in [5.41, 5.74) is 10.1. The van der Waals surface area contributed by atoms with E-state index in [2.05, 4.69) is 72.8 Å². The van der Waals surface area contributed by atoms with Gasteiger partial charge in [0.25, 0.3) is 0 Å². The highest BCUT2D eigenvalue weighted by atomic mass is 16.6. The molecule has 1 saturated carbocycles. The van der Waals surface area contributed by atoms with Gasteiger partial charge in [0.15, 0.2) is 0 Å². The minimum Gasteiger partial charge on any atom is -0.454 e. The summed E-state index contributed by atoms with van der Waals surface area (Å²) in [5, 5.41) is 0. The van der Waals surface area contributed by atoms with Gasteiger partial charge in [0.05, 0.1) is 11.1 Å². The summed E-state index contributed by atoms with van der Waals surface area (Å²) in [6.07, 6.45) is -0.0451. The molecule has 0 radical (unpaired) electrons. The Morgan fingerprint density at radius 2 is 1.02 bits per heavy atom. The average Bonchev–Trinajstić information content (AvgIpc) is 3.49. The minimum absolute atomic E-state index is 0.187. The molecule has 2 aliphatic rings. The van der Waals surface area contributed by atoms with Gasteiger partial charge in [-0.25, -0.2) is 9.59 Å². The zero-order valence-corrected chi connectivity index (χ0v) is 26.4. The van der Waals surface area contributed by atoms with Gasteiger partial charge < -0.3 is 9.47 Å². The number of ether oxygens (including phenoxy) is 2. The van der Waals surface area contributed by atoms with E-state index < -0.39 is 24.1 Å². The summed E-state index contributed by atoms with van der Waals surface area (Å²) in [5.74, 6) is -1.24. The van der Waals surface area contributed by atoms with Crippen molar-refractivity contribution in [2.75, 3.05) is 0 Å². The van der Waals surface area contributed by atoms with Crippen LogP contribution in [0.3, 0.4) is 0 Å². The topological polar surface area (TPSA) is 52.6 Å². The Bertz CT molecular complexity index is 2070. The Hall–Kier alpha value is -5.74. The maximum atomic E-state index is 13.8. The van der Waals surface area contributed by atoms with Crippen LogP contribution in [0.1, 0.15) is 61.2 Å². The van der Waals surface area contributed by atoms with Gasteiger partial charge in [-0.1, -0.05) is 133 Å². The molecule has 6 aromatic rings. The highest BCUT2D eigenvalue weighted by Crippen LogP contribution is 2.53. The van der Waals surface area contributed by atoms with Crippen molar-refractivity contribution in [3.8, 4) is 22.3 Å². The first-order valence-corrected chi connectivity index (χ1v) is 16.5. The molecule has 4 heteroatoms. The molecule has 48 heavy (non-hydrogen) atoms. The Balaban J connectivity index is 1.32. The molecule has 8 rings (SSSR count). The molecule has 0 N–H and O–H groups in total. The summed E-state index contributed by atoms with van der Waals surface area (Å²) < 4.78 is 13.0. The second-order valence-electron chi connectivity index (χ2n) is 12.6. The number of esters is 2. The Labute approximate surface area is 280 Å². The summed E-state index contributed by atoms with van der Waals surface area (Å²) in [4.78, 5) is 27.6. The molecular weight excluding hydrogens is 592 g/mol. The van der Waals surface area contributed by atoms with Crippen LogP contribution in [0.2, 0.25) is 0 Å². The lowest BCUT2D eigenvalue weighted by Gasteiger charge is -2.28. The highest BCUT2D eigenvalue weighted by molar-refractivity contribution is 5.90. The monoisotopic (exact) mass is 626 g/mol. The van der Waals surface area contributed by atoms with Crippen LogP contribution in [-0.4, -0.2) is 24.1 Å². The lowest BCUT2D eigenvalue weighted by Crippen LogP contribution is -2.36. The van der Waals surface area contributed by atoms with Gasteiger partial charge in [-0.15, -0.1) is 0 Å². The molecule has 0 aromatic heterocycles. The Morgan fingerprint density at radius 3 is 1.62 bits per heavy atom.